The predicted molar refractivity (Wildman–Crippen MR) is 120 cm³/mol. The molecule has 0 saturated carbocycles. The van der Waals surface area contributed by atoms with Crippen molar-refractivity contribution >= 4 is 12.1 Å². The highest BCUT2D eigenvalue weighted by atomic mass is 16.6. The molecule has 0 atom stereocenters. The molecule has 5 nitrogen and oxygen atoms in total. The van der Waals surface area contributed by atoms with E-state index in [2.05, 4.69) is 19.2 Å². The Balaban J connectivity index is 4.12. The molecule has 0 aromatic rings. The third-order valence-electron chi connectivity index (χ3n) is 4.78. The molecule has 0 aliphatic carbocycles. The van der Waals surface area contributed by atoms with Crippen LogP contribution in [0.1, 0.15) is 125 Å². The number of esters is 1. The molecule has 0 fully saturated rings. The lowest BCUT2D eigenvalue weighted by molar-refractivity contribution is -0.150. The summed E-state index contributed by atoms with van der Waals surface area (Å²) in [5.41, 5.74) is -0.509. The molecule has 0 unspecified atom stereocenters. The third kappa shape index (κ3) is 19.8. The van der Waals surface area contributed by atoms with Crippen molar-refractivity contribution in [2.24, 2.45) is 0 Å². The second kappa shape index (κ2) is 17.6. The average molecular weight is 414 g/mol. The molecule has 0 radical (unpaired) electrons. The molecule has 0 heterocycles. The summed E-state index contributed by atoms with van der Waals surface area (Å²) >= 11 is 0. The first-order valence-corrected chi connectivity index (χ1v) is 11.9. The van der Waals surface area contributed by atoms with Gasteiger partial charge in [-0.2, -0.15) is 0 Å². The van der Waals surface area contributed by atoms with E-state index in [0.717, 1.165) is 25.7 Å². The van der Waals surface area contributed by atoms with E-state index < -0.39 is 11.7 Å². The van der Waals surface area contributed by atoms with Gasteiger partial charge in [0.15, 0.2) is 0 Å². The Kier molecular flexibility index (Phi) is 16.8. The number of amides is 1. The molecule has 0 aliphatic rings. The Bertz CT molecular complexity index is 404. The minimum absolute atomic E-state index is 0.0459. The second-order valence-electron chi connectivity index (χ2n) is 9.05. The fourth-order valence-electron chi connectivity index (χ4n) is 3.20. The van der Waals surface area contributed by atoms with Crippen molar-refractivity contribution in [3.8, 4) is 0 Å². The number of carbonyl (C=O) groups excluding carboxylic acids is 2. The summed E-state index contributed by atoms with van der Waals surface area (Å²) in [5.74, 6) is -0.150. The summed E-state index contributed by atoms with van der Waals surface area (Å²) in [4.78, 5) is 23.8. The van der Waals surface area contributed by atoms with E-state index in [1.54, 1.807) is 0 Å². The highest BCUT2D eigenvalue weighted by Crippen LogP contribution is 2.17. The Morgan fingerprint density at radius 3 is 1.79 bits per heavy atom. The van der Waals surface area contributed by atoms with Crippen LogP contribution in [0.2, 0.25) is 0 Å². The van der Waals surface area contributed by atoms with Gasteiger partial charge < -0.3 is 14.8 Å². The minimum Gasteiger partial charge on any atom is -0.462 e. The number of hydrogen-bond acceptors (Lipinski definition) is 4. The second-order valence-corrected chi connectivity index (χ2v) is 9.05. The number of nitrogens with one attached hydrogen (secondary N) is 1. The molecule has 0 spiro atoms. The van der Waals surface area contributed by atoms with Gasteiger partial charge in [-0.15, -0.1) is 0 Å². The number of unbranched alkanes of at least 4 members (excludes halogenated alkanes) is 8. The van der Waals surface area contributed by atoms with Gasteiger partial charge in [-0.05, 0) is 52.9 Å². The molecule has 29 heavy (non-hydrogen) atoms. The van der Waals surface area contributed by atoms with Crippen LogP contribution in [0, 0.1) is 0 Å². The van der Waals surface area contributed by atoms with Crippen molar-refractivity contribution in [3.63, 3.8) is 0 Å². The van der Waals surface area contributed by atoms with Gasteiger partial charge in [0, 0.05) is 13.0 Å². The first kappa shape index (κ1) is 27.7. The van der Waals surface area contributed by atoms with Crippen LogP contribution in [0.3, 0.4) is 0 Å². The third-order valence-corrected chi connectivity index (χ3v) is 4.78. The predicted octanol–water partition coefficient (Wildman–Crippen LogP) is 6.92. The molecule has 1 N–H and O–H groups in total. The summed E-state index contributed by atoms with van der Waals surface area (Å²) in [7, 11) is 0. The Hall–Kier alpha value is -1.26. The highest BCUT2D eigenvalue weighted by Gasteiger charge is 2.17. The van der Waals surface area contributed by atoms with Gasteiger partial charge in [-0.3, -0.25) is 4.79 Å². The molecule has 0 aromatic heterocycles. The minimum atomic E-state index is -0.509. The highest BCUT2D eigenvalue weighted by molar-refractivity contribution is 5.70. The van der Waals surface area contributed by atoms with Gasteiger partial charge in [0.05, 0.1) is 0 Å². The first-order valence-electron chi connectivity index (χ1n) is 11.9. The van der Waals surface area contributed by atoms with Gasteiger partial charge in [0.25, 0.3) is 0 Å². The van der Waals surface area contributed by atoms with Crippen LogP contribution in [0.25, 0.3) is 0 Å². The van der Waals surface area contributed by atoms with E-state index in [1.165, 1.54) is 51.4 Å². The fourth-order valence-corrected chi connectivity index (χ4v) is 3.20. The molecule has 0 aliphatic heterocycles. The van der Waals surface area contributed by atoms with Crippen molar-refractivity contribution in [1.29, 1.82) is 0 Å². The lowest BCUT2D eigenvalue weighted by Crippen LogP contribution is -2.33. The normalized spacial score (nSPS) is 11.5. The number of alkyl carbamates (subject to hydrolysis) is 1. The molecule has 1 amide bonds. The maximum absolute atomic E-state index is 12.2. The van der Waals surface area contributed by atoms with E-state index in [-0.39, 0.29) is 12.1 Å². The quantitative estimate of drug-likeness (QED) is 0.207. The molecule has 5 heteroatoms. The van der Waals surface area contributed by atoms with Crippen molar-refractivity contribution in [1.82, 2.24) is 5.32 Å². The van der Waals surface area contributed by atoms with Crippen LogP contribution in [-0.4, -0.2) is 30.3 Å². The van der Waals surface area contributed by atoms with E-state index in [4.69, 9.17) is 9.47 Å². The average Bonchev–Trinajstić information content (AvgIpc) is 2.63. The monoisotopic (exact) mass is 413 g/mol. The van der Waals surface area contributed by atoms with Crippen LogP contribution in [0.15, 0.2) is 0 Å². The van der Waals surface area contributed by atoms with Gasteiger partial charge >= 0.3 is 12.1 Å². The van der Waals surface area contributed by atoms with Gasteiger partial charge in [-0.25, -0.2) is 4.79 Å². The van der Waals surface area contributed by atoms with Crippen molar-refractivity contribution in [2.75, 3.05) is 6.54 Å². The van der Waals surface area contributed by atoms with Crippen LogP contribution < -0.4 is 5.32 Å². The van der Waals surface area contributed by atoms with Crippen LogP contribution in [0.4, 0.5) is 4.79 Å². The largest absolute Gasteiger partial charge is 0.462 e. The first-order chi connectivity index (χ1) is 13.8. The van der Waals surface area contributed by atoms with Crippen LogP contribution >= 0.6 is 0 Å². The van der Waals surface area contributed by atoms with E-state index in [0.29, 0.717) is 19.4 Å². The summed E-state index contributed by atoms with van der Waals surface area (Å²) < 4.78 is 11.0. The number of rotatable bonds is 17. The maximum Gasteiger partial charge on any atom is 0.407 e. The Morgan fingerprint density at radius 1 is 0.793 bits per heavy atom. The van der Waals surface area contributed by atoms with E-state index in [9.17, 15) is 9.59 Å². The zero-order valence-electron chi connectivity index (χ0n) is 19.8. The van der Waals surface area contributed by atoms with Crippen LogP contribution in [-0.2, 0) is 14.3 Å². The summed E-state index contributed by atoms with van der Waals surface area (Å²) in [5, 5.41) is 2.69. The number of hydrogen-bond donors (Lipinski definition) is 1. The molecular formula is C24H47NO4. The summed E-state index contributed by atoms with van der Waals surface area (Å²) in [6.07, 6.45) is 14.7. The van der Waals surface area contributed by atoms with E-state index >= 15 is 0 Å². The lowest BCUT2D eigenvalue weighted by atomic mass is 10.0. The van der Waals surface area contributed by atoms with Crippen LogP contribution in [0.5, 0.6) is 0 Å². The number of carbonyl (C=O) groups is 2. The lowest BCUT2D eigenvalue weighted by Gasteiger charge is -2.20. The Labute approximate surface area is 179 Å². The zero-order valence-corrected chi connectivity index (χ0v) is 19.8. The molecule has 0 rings (SSSR count). The van der Waals surface area contributed by atoms with E-state index in [1.807, 2.05) is 20.8 Å². The van der Waals surface area contributed by atoms with Gasteiger partial charge in [0.2, 0.25) is 0 Å². The van der Waals surface area contributed by atoms with Crippen molar-refractivity contribution in [2.45, 2.75) is 136 Å². The molecule has 0 bridgehead atoms. The number of ether oxygens (including phenoxy) is 2. The standard InChI is InChI=1S/C24H47NO4/c1-6-8-10-12-14-17-21(18-15-13-11-9-7-2)28-22(26)19-16-20-25-23(27)29-24(3,4)5/h21H,6-20H2,1-5H3,(H,25,27). The molecule has 0 saturated heterocycles. The zero-order chi connectivity index (χ0) is 22.0. The topological polar surface area (TPSA) is 64.6 Å². The van der Waals surface area contributed by atoms with Gasteiger partial charge in [-0.1, -0.05) is 65.2 Å². The molecular weight excluding hydrogens is 366 g/mol. The van der Waals surface area contributed by atoms with Gasteiger partial charge in [0.1, 0.15) is 11.7 Å². The molecule has 172 valence electrons. The van der Waals surface area contributed by atoms with Crippen molar-refractivity contribution < 1.29 is 19.1 Å². The smallest absolute Gasteiger partial charge is 0.407 e. The molecule has 0 aromatic carbocycles. The fraction of sp³-hybridized carbons (Fsp3) is 0.917. The summed E-state index contributed by atoms with van der Waals surface area (Å²) in [6.45, 7) is 10.3. The van der Waals surface area contributed by atoms with Crippen molar-refractivity contribution in [3.05, 3.63) is 0 Å². The SMILES string of the molecule is CCCCCCCC(CCCCCCC)OC(=O)CCCNC(=O)OC(C)(C)C. The Morgan fingerprint density at radius 2 is 1.31 bits per heavy atom. The summed E-state index contributed by atoms with van der Waals surface area (Å²) in [6, 6.07) is 0. The maximum atomic E-state index is 12.2.